The van der Waals surface area contributed by atoms with E-state index in [1.165, 1.54) is 0 Å². The van der Waals surface area contributed by atoms with Crippen molar-refractivity contribution in [3.05, 3.63) is 0 Å². The molecule has 0 spiro atoms. The number of rotatable bonds is 8. The summed E-state index contributed by atoms with van der Waals surface area (Å²) in [6.07, 6.45) is 2.45. The maximum Gasteiger partial charge on any atom is 0.168 e. The molecule has 0 aromatic rings. The number of nitrogens with two attached hydrogens (primary N) is 1. The van der Waals surface area contributed by atoms with Crippen LogP contribution < -0.4 is 5.73 Å². The van der Waals surface area contributed by atoms with Gasteiger partial charge in [-0.2, -0.15) is 0 Å². The molecule has 4 heteroatoms. The molecule has 0 aliphatic heterocycles. The number of carbonyl (C=O) groups is 1. The Morgan fingerprint density at radius 1 is 1.29 bits per heavy atom. The van der Waals surface area contributed by atoms with Crippen LogP contribution in [-0.4, -0.2) is 25.9 Å². The Morgan fingerprint density at radius 3 is 2.24 bits per heavy atom. The molecule has 2 radical (unpaired) electrons. The Balaban J connectivity index is 3.98. The minimum Gasteiger partial charge on any atom is -0.361 e. The van der Waals surface area contributed by atoms with E-state index in [-0.39, 0.29) is 5.68 Å². The monoisotopic (exact) mass is 239 g/mol. The van der Waals surface area contributed by atoms with Crippen molar-refractivity contribution in [1.29, 1.82) is 0 Å². The number of hydrogen-bond acceptors (Lipinski definition) is 3. The second kappa shape index (κ2) is 6.55. The zero-order valence-corrected chi connectivity index (χ0v) is 11.9. The van der Waals surface area contributed by atoms with Crippen molar-refractivity contribution in [3.63, 3.8) is 0 Å². The van der Waals surface area contributed by atoms with Gasteiger partial charge in [-0.05, 0) is 32.1 Å². The smallest absolute Gasteiger partial charge is 0.168 e. The lowest BCUT2D eigenvalue weighted by Gasteiger charge is -2.29. The molecule has 0 aromatic carbocycles. The lowest BCUT2D eigenvalue weighted by Crippen LogP contribution is -2.40. The van der Waals surface area contributed by atoms with Crippen LogP contribution >= 0.6 is 0 Å². The standard InChI is InChI=1S/C13H26BNO2/c1-10(2)6-7-13(5,15)17-9-8-12(3,4)11(14)16/h10H,6-9,15H2,1-5H3. The number of carbonyl (C=O) groups excluding carboxylic acids is 1. The van der Waals surface area contributed by atoms with E-state index in [0.717, 1.165) is 12.8 Å². The van der Waals surface area contributed by atoms with Crippen LogP contribution in [0, 0.1) is 11.3 Å². The van der Waals surface area contributed by atoms with Gasteiger partial charge in [0.05, 0.1) is 5.68 Å². The van der Waals surface area contributed by atoms with Gasteiger partial charge in [-0.1, -0.05) is 27.7 Å². The van der Waals surface area contributed by atoms with Crippen molar-refractivity contribution >= 4 is 13.5 Å². The third-order valence-electron chi connectivity index (χ3n) is 3.04. The van der Waals surface area contributed by atoms with Gasteiger partial charge in [0.1, 0.15) is 5.72 Å². The van der Waals surface area contributed by atoms with Crippen LogP contribution in [0.15, 0.2) is 0 Å². The van der Waals surface area contributed by atoms with E-state index < -0.39 is 11.1 Å². The highest BCUT2D eigenvalue weighted by molar-refractivity contribution is 6.58. The van der Waals surface area contributed by atoms with Crippen LogP contribution in [0.4, 0.5) is 0 Å². The summed E-state index contributed by atoms with van der Waals surface area (Å²) in [5.74, 6) is 0.614. The second-order valence-corrected chi connectivity index (χ2v) is 6.09. The van der Waals surface area contributed by atoms with Crippen molar-refractivity contribution in [2.75, 3.05) is 6.61 Å². The van der Waals surface area contributed by atoms with Crippen molar-refractivity contribution in [1.82, 2.24) is 0 Å². The van der Waals surface area contributed by atoms with Gasteiger partial charge in [0.25, 0.3) is 0 Å². The summed E-state index contributed by atoms with van der Waals surface area (Å²) >= 11 is 0. The van der Waals surface area contributed by atoms with Crippen LogP contribution in [-0.2, 0) is 9.53 Å². The lowest BCUT2D eigenvalue weighted by molar-refractivity contribution is -0.121. The molecule has 0 rings (SSSR count). The predicted octanol–water partition coefficient (Wildman–Crippen LogP) is 2.23. The number of hydrogen-bond donors (Lipinski definition) is 1. The maximum absolute atomic E-state index is 11.1. The molecule has 17 heavy (non-hydrogen) atoms. The maximum atomic E-state index is 11.1. The van der Waals surface area contributed by atoms with Crippen molar-refractivity contribution < 1.29 is 9.53 Å². The van der Waals surface area contributed by atoms with E-state index in [1.807, 2.05) is 20.8 Å². The zero-order valence-electron chi connectivity index (χ0n) is 11.9. The highest BCUT2D eigenvalue weighted by Gasteiger charge is 2.25. The largest absolute Gasteiger partial charge is 0.361 e. The fraction of sp³-hybridized carbons (Fsp3) is 0.923. The molecule has 0 bridgehead atoms. The van der Waals surface area contributed by atoms with Crippen LogP contribution in [0.1, 0.15) is 53.9 Å². The minimum absolute atomic E-state index is 0.304. The Kier molecular flexibility index (Phi) is 6.42. The molecule has 0 aliphatic rings. The Bertz CT molecular complexity index is 250. The van der Waals surface area contributed by atoms with Crippen LogP contribution in [0.5, 0.6) is 0 Å². The van der Waals surface area contributed by atoms with Gasteiger partial charge in [0.2, 0.25) is 0 Å². The highest BCUT2D eigenvalue weighted by atomic mass is 16.5. The van der Waals surface area contributed by atoms with Crippen molar-refractivity contribution in [2.24, 2.45) is 17.1 Å². The van der Waals surface area contributed by atoms with Gasteiger partial charge in [-0.25, -0.2) is 0 Å². The molecular weight excluding hydrogens is 213 g/mol. The molecule has 98 valence electrons. The van der Waals surface area contributed by atoms with Gasteiger partial charge in [-0.3, -0.25) is 0 Å². The Labute approximate surface area is 107 Å². The summed E-state index contributed by atoms with van der Waals surface area (Å²) in [4.78, 5) is 11.1. The minimum atomic E-state index is -0.613. The lowest BCUT2D eigenvalue weighted by atomic mass is 9.75. The molecule has 0 fully saturated rings. The van der Waals surface area contributed by atoms with Gasteiger partial charge in [0.15, 0.2) is 7.85 Å². The first-order chi connectivity index (χ1) is 7.57. The van der Waals surface area contributed by atoms with E-state index >= 15 is 0 Å². The van der Waals surface area contributed by atoms with Gasteiger partial charge >= 0.3 is 0 Å². The average Bonchev–Trinajstić information content (AvgIpc) is 2.14. The molecule has 1 atom stereocenters. The molecule has 0 aliphatic carbocycles. The fourth-order valence-corrected chi connectivity index (χ4v) is 1.31. The van der Waals surface area contributed by atoms with Crippen LogP contribution in [0.2, 0.25) is 0 Å². The summed E-state index contributed by atoms with van der Waals surface area (Å²) in [5, 5.41) is 0. The van der Waals surface area contributed by atoms with E-state index in [4.69, 9.17) is 18.3 Å². The summed E-state index contributed by atoms with van der Waals surface area (Å²) in [6.45, 7) is 10.3. The molecule has 0 heterocycles. The second-order valence-electron chi connectivity index (χ2n) is 6.09. The van der Waals surface area contributed by atoms with Crippen LogP contribution in [0.25, 0.3) is 0 Å². The molecule has 2 N–H and O–H groups in total. The Morgan fingerprint density at radius 2 is 1.82 bits per heavy atom. The quantitative estimate of drug-likeness (QED) is 0.522. The molecule has 0 aromatic heterocycles. The first-order valence-electron chi connectivity index (χ1n) is 6.29. The highest BCUT2D eigenvalue weighted by Crippen LogP contribution is 2.22. The topological polar surface area (TPSA) is 52.3 Å². The fourth-order valence-electron chi connectivity index (χ4n) is 1.31. The molecule has 1 unspecified atom stereocenters. The van der Waals surface area contributed by atoms with Gasteiger partial charge in [-0.15, -0.1) is 0 Å². The predicted molar refractivity (Wildman–Crippen MR) is 71.8 cm³/mol. The molecule has 0 saturated carbocycles. The summed E-state index contributed by atoms with van der Waals surface area (Å²) in [5.41, 5.74) is 4.58. The van der Waals surface area contributed by atoms with E-state index in [0.29, 0.717) is 18.9 Å². The SMILES string of the molecule is [B]C(=O)C(C)(C)CCOC(C)(N)CCC(C)C. The molecule has 3 nitrogen and oxygen atoms in total. The first-order valence-corrected chi connectivity index (χ1v) is 6.29. The van der Waals surface area contributed by atoms with E-state index in [1.54, 1.807) is 0 Å². The molecular formula is C13H26BNO2. The Hall–Kier alpha value is -0.345. The van der Waals surface area contributed by atoms with E-state index in [2.05, 4.69) is 13.8 Å². The first kappa shape index (κ1) is 16.7. The van der Waals surface area contributed by atoms with Gasteiger partial charge < -0.3 is 15.3 Å². The average molecular weight is 239 g/mol. The van der Waals surface area contributed by atoms with Crippen LogP contribution in [0.3, 0.4) is 0 Å². The van der Waals surface area contributed by atoms with E-state index in [9.17, 15) is 4.79 Å². The summed E-state index contributed by atoms with van der Waals surface area (Å²) in [7, 11) is 5.29. The molecule has 0 amide bonds. The third kappa shape index (κ3) is 7.56. The van der Waals surface area contributed by atoms with Crippen molar-refractivity contribution in [3.8, 4) is 0 Å². The summed E-state index contributed by atoms with van der Waals surface area (Å²) in [6, 6.07) is 0. The third-order valence-corrected chi connectivity index (χ3v) is 3.04. The number of ether oxygens (including phenoxy) is 1. The van der Waals surface area contributed by atoms with Gasteiger partial charge in [0, 0.05) is 12.0 Å². The summed E-state index contributed by atoms with van der Waals surface area (Å²) < 4.78 is 5.64. The zero-order chi connectivity index (χ0) is 13.7. The normalized spacial score (nSPS) is 15.9. The van der Waals surface area contributed by atoms with Crippen molar-refractivity contribution in [2.45, 2.75) is 59.6 Å². The molecule has 0 saturated heterocycles.